The van der Waals surface area contributed by atoms with Crippen molar-refractivity contribution in [1.82, 2.24) is 31.2 Å². The predicted molar refractivity (Wildman–Crippen MR) is 145 cm³/mol. The van der Waals surface area contributed by atoms with Gasteiger partial charge < -0.3 is 30.7 Å². The van der Waals surface area contributed by atoms with Crippen molar-refractivity contribution in [3.8, 4) is 0 Å². The van der Waals surface area contributed by atoms with E-state index in [4.69, 9.17) is 9.47 Å². The summed E-state index contributed by atoms with van der Waals surface area (Å²) in [4.78, 5) is 43.8. The van der Waals surface area contributed by atoms with Gasteiger partial charge in [0.05, 0.1) is 42.3 Å². The van der Waals surface area contributed by atoms with E-state index in [2.05, 4.69) is 26.3 Å². The highest BCUT2D eigenvalue weighted by molar-refractivity contribution is 6.01. The first-order valence-corrected chi connectivity index (χ1v) is 13.6. The molecule has 3 heterocycles. The number of hydrogen-bond acceptors (Lipinski definition) is 8. The molecule has 0 aliphatic carbocycles. The number of carbonyl (C=O) groups is 3. The van der Waals surface area contributed by atoms with Gasteiger partial charge >= 0.3 is 24.2 Å². The second-order valence-corrected chi connectivity index (χ2v) is 10.0. The van der Waals surface area contributed by atoms with E-state index in [9.17, 15) is 36.3 Å². The number of methoxy groups -OCH3 is 2. The van der Waals surface area contributed by atoms with Gasteiger partial charge in [-0.1, -0.05) is 6.07 Å². The van der Waals surface area contributed by atoms with Gasteiger partial charge in [-0.2, -0.15) is 13.2 Å². The fourth-order valence-electron chi connectivity index (χ4n) is 5.26. The lowest BCUT2D eigenvalue weighted by Crippen LogP contribution is -2.56. The summed E-state index contributed by atoms with van der Waals surface area (Å²) in [6.07, 6.45) is -2.35. The topological polar surface area (TPSA) is 134 Å². The molecule has 0 radical (unpaired) electrons. The van der Waals surface area contributed by atoms with Crippen LogP contribution >= 0.6 is 0 Å². The first-order valence-electron chi connectivity index (χ1n) is 13.6. The molecule has 2 unspecified atom stereocenters. The van der Waals surface area contributed by atoms with Crippen molar-refractivity contribution < 1.29 is 45.8 Å². The average Bonchev–Trinajstić information content (AvgIpc) is 3.00. The molecular formula is C28H31F5N6O5. The third-order valence-corrected chi connectivity index (χ3v) is 7.22. The van der Waals surface area contributed by atoms with Crippen molar-refractivity contribution in [2.75, 3.05) is 40.5 Å². The summed E-state index contributed by atoms with van der Waals surface area (Å²) in [6.45, 7) is 0.327. The molecule has 4 N–H and O–H groups in total. The molecule has 1 aromatic heterocycles. The molecule has 0 bridgehead atoms. The van der Waals surface area contributed by atoms with E-state index in [0.29, 0.717) is 24.3 Å². The van der Waals surface area contributed by atoms with Crippen LogP contribution in [-0.4, -0.2) is 74.4 Å². The lowest BCUT2D eigenvalue weighted by atomic mass is 9.93. The zero-order valence-electron chi connectivity index (χ0n) is 23.8. The Labute approximate surface area is 249 Å². The van der Waals surface area contributed by atoms with E-state index < -0.39 is 53.5 Å². The van der Waals surface area contributed by atoms with Gasteiger partial charge in [0, 0.05) is 32.4 Å². The first-order chi connectivity index (χ1) is 21.0. The number of alkyl halides is 3. The summed E-state index contributed by atoms with van der Waals surface area (Å²) in [5.74, 6) is -3.37. The number of esters is 1. The highest BCUT2D eigenvalue weighted by atomic mass is 19.4. The van der Waals surface area contributed by atoms with Crippen molar-refractivity contribution in [3.63, 3.8) is 0 Å². The second kappa shape index (κ2) is 14.1. The van der Waals surface area contributed by atoms with Crippen LogP contribution in [0.25, 0.3) is 0 Å². The molecule has 2 aliphatic rings. The quantitative estimate of drug-likeness (QED) is 0.189. The molecule has 2 aliphatic heterocycles. The summed E-state index contributed by atoms with van der Waals surface area (Å²) in [7, 11) is 2.39. The SMILES string of the molecule is COCC1=C(C(=O)OC)[C@H](c2ccc(F)c(F)c2)N(C(=O)NCCNC2CCNC(c3ncccc3C(F)(F)F)C2)C(=O)N1. The fourth-order valence-corrected chi connectivity index (χ4v) is 5.26. The van der Waals surface area contributed by atoms with Crippen LogP contribution in [0, 0.1) is 11.6 Å². The van der Waals surface area contributed by atoms with Crippen molar-refractivity contribution in [1.29, 1.82) is 0 Å². The summed E-state index contributed by atoms with van der Waals surface area (Å²) in [6, 6.07) is 0.670. The smallest absolute Gasteiger partial charge is 0.418 e. The van der Waals surface area contributed by atoms with Crippen LogP contribution in [0.4, 0.5) is 31.5 Å². The number of pyridine rings is 1. The van der Waals surface area contributed by atoms with E-state index in [1.54, 1.807) is 0 Å². The lowest BCUT2D eigenvalue weighted by molar-refractivity contribution is -0.139. The third-order valence-electron chi connectivity index (χ3n) is 7.22. The van der Waals surface area contributed by atoms with E-state index in [-0.39, 0.29) is 48.3 Å². The summed E-state index contributed by atoms with van der Waals surface area (Å²) in [5.41, 5.74) is -1.22. The molecule has 0 spiro atoms. The van der Waals surface area contributed by atoms with Gasteiger partial charge in [-0.3, -0.25) is 4.98 Å². The number of nitrogens with zero attached hydrogens (tertiary/aromatic N) is 2. The van der Waals surface area contributed by atoms with Gasteiger partial charge in [0.1, 0.15) is 6.04 Å². The number of urea groups is 2. The summed E-state index contributed by atoms with van der Waals surface area (Å²) >= 11 is 0. The van der Waals surface area contributed by atoms with Crippen LogP contribution in [0.5, 0.6) is 0 Å². The molecule has 2 aromatic rings. The Morgan fingerprint density at radius 2 is 1.91 bits per heavy atom. The molecule has 16 heteroatoms. The Bertz CT molecular complexity index is 1420. The van der Waals surface area contributed by atoms with E-state index in [0.717, 1.165) is 31.4 Å². The minimum Gasteiger partial charge on any atom is -0.466 e. The maximum Gasteiger partial charge on any atom is 0.418 e. The molecule has 3 atom stereocenters. The number of amides is 4. The van der Waals surface area contributed by atoms with Crippen molar-refractivity contribution in [2.45, 2.75) is 37.1 Å². The Hall–Kier alpha value is -4.15. The van der Waals surface area contributed by atoms with Crippen molar-refractivity contribution in [3.05, 3.63) is 76.3 Å². The number of nitrogens with one attached hydrogen (secondary N) is 4. The molecule has 1 fully saturated rings. The van der Waals surface area contributed by atoms with Gasteiger partial charge in [0.25, 0.3) is 0 Å². The predicted octanol–water partition coefficient (Wildman–Crippen LogP) is 3.31. The highest BCUT2D eigenvalue weighted by Gasteiger charge is 2.43. The molecule has 238 valence electrons. The maximum absolute atomic E-state index is 14.2. The minimum absolute atomic E-state index is 0.0214. The van der Waals surface area contributed by atoms with Gasteiger partial charge in [0.15, 0.2) is 11.6 Å². The van der Waals surface area contributed by atoms with E-state index >= 15 is 0 Å². The van der Waals surface area contributed by atoms with E-state index in [1.807, 2.05) is 0 Å². The number of aromatic nitrogens is 1. The Morgan fingerprint density at radius 3 is 2.59 bits per heavy atom. The van der Waals surface area contributed by atoms with Crippen LogP contribution in [0.3, 0.4) is 0 Å². The minimum atomic E-state index is -4.55. The monoisotopic (exact) mass is 626 g/mol. The summed E-state index contributed by atoms with van der Waals surface area (Å²) < 4.78 is 78.4. The Balaban J connectivity index is 1.46. The molecule has 11 nitrogen and oxygen atoms in total. The number of carbonyl (C=O) groups excluding carboxylic acids is 3. The number of rotatable bonds is 9. The zero-order chi connectivity index (χ0) is 32.0. The molecule has 1 saturated heterocycles. The fraction of sp³-hybridized carbons (Fsp3) is 0.429. The molecule has 4 amide bonds. The van der Waals surface area contributed by atoms with Gasteiger partial charge in [-0.15, -0.1) is 0 Å². The number of halogens is 5. The van der Waals surface area contributed by atoms with Gasteiger partial charge in [-0.05, 0) is 49.2 Å². The molecular weight excluding hydrogens is 595 g/mol. The van der Waals surface area contributed by atoms with Crippen LogP contribution in [0.1, 0.15) is 41.7 Å². The maximum atomic E-state index is 14.2. The second-order valence-electron chi connectivity index (χ2n) is 10.0. The van der Waals surface area contributed by atoms with Gasteiger partial charge in [-0.25, -0.2) is 28.1 Å². The lowest BCUT2D eigenvalue weighted by Gasteiger charge is -2.36. The highest BCUT2D eigenvalue weighted by Crippen LogP contribution is 2.36. The van der Waals surface area contributed by atoms with Gasteiger partial charge in [0.2, 0.25) is 0 Å². The summed E-state index contributed by atoms with van der Waals surface area (Å²) in [5, 5.41) is 11.2. The molecule has 4 rings (SSSR count). The average molecular weight is 627 g/mol. The molecule has 44 heavy (non-hydrogen) atoms. The number of ether oxygens (including phenoxy) is 2. The number of hydrogen-bond donors (Lipinski definition) is 4. The normalized spacial score (nSPS) is 20.8. The van der Waals surface area contributed by atoms with Crippen LogP contribution in [0.2, 0.25) is 0 Å². The van der Waals surface area contributed by atoms with Crippen LogP contribution < -0.4 is 21.3 Å². The molecule has 1 aromatic carbocycles. The van der Waals surface area contributed by atoms with Crippen molar-refractivity contribution in [2.24, 2.45) is 0 Å². The number of benzene rings is 1. The third kappa shape index (κ3) is 7.31. The largest absolute Gasteiger partial charge is 0.466 e. The molecule has 0 saturated carbocycles. The number of imide groups is 1. The Kier molecular flexibility index (Phi) is 10.5. The van der Waals surface area contributed by atoms with E-state index in [1.165, 1.54) is 19.4 Å². The van der Waals surface area contributed by atoms with Crippen LogP contribution in [0.15, 0.2) is 47.8 Å². The zero-order valence-corrected chi connectivity index (χ0v) is 23.8. The van der Waals surface area contributed by atoms with Crippen LogP contribution in [-0.2, 0) is 20.4 Å². The van der Waals surface area contributed by atoms with Crippen molar-refractivity contribution >= 4 is 18.0 Å². The first kappa shape index (κ1) is 32.8. The number of piperidine rings is 1. The Morgan fingerprint density at radius 1 is 1.14 bits per heavy atom. The standard InChI is InChI=1S/C28H31F5N6O5/c1-43-14-21-22(25(40)44-2)24(15-5-6-18(29)19(30)12-15)39(27(42)38-21)26(41)37-11-10-34-16-7-9-35-20(13-16)23-17(28(31,32)33)4-3-8-36-23/h3-6,8,12,16,20,24,34-35H,7,9-11,13-14H2,1-2H3,(H,37,41)(H,38,42)/t16?,20?,24-/m0/s1.